The number of hydrogen-bond acceptors (Lipinski definition) is 5. The molecular formula is C20H22FN3O4. The molecule has 0 unspecified atom stereocenters. The van der Waals surface area contributed by atoms with Crippen LogP contribution in [0.15, 0.2) is 28.8 Å². The number of morpholine rings is 1. The first kappa shape index (κ1) is 18.6. The summed E-state index contributed by atoms with van der Waals surface area (Å²) in [5.74, 6) is -0.157. The zero-order valence-corrected chi connectivity index (χ0v) is 15.9. The molecule has 2 amide bonds. The molecule has 2 aromatic rings. The standard InChI is InChI=1S/C20H22FN3O4/c1-13-18(14(2)28-22-13)19(26)23-8-6-20(7-9-23)12-24(17(25)11-27-20)16-5-3-4-15(21)10-16/h3-5,10H,6-9,11-12H2,1-2H3. The smallest absolute Gasteiger partial charge is 0.259 e. The Kier molecular flexibility index (Phi) is 4.66. The van der Waals surface area contributed by atoms with Gasteiger partial charge in [0.25, 0.3) is 11.8 Å². The summed E-state index contributed by atoms with van der Waals surface area (Å²) in [5, 5.41) is 3.85. The Morgan fingerprint density at radius 1 is 1.25 bits per heavy atom. The molecule has 2 aliphatic rings. The van der Waals surface area contributed by atoms with Crippen LogP contribution >= 0.6 is 0 Å². The highest BCUT2D eigenvalue weighted by Crippen LogP contribution is 2.33. The van der Waals surface area contributed by atoms with Gasteiger partial charge in [-0.3, -0.25) is 9.59 Å². The van der Waals surface area contributed by atoms with Gasteiger partial charge in [-0.15, -0.1) is 0 Å². The minimum absolute atomic E-state index is 0.0473. The Morgan fingerprint density at radius 3 is 2.64 bits per heavy atom. The van der Waals surface area contributed by atoms with Crippen LogP contribution in [0.4, 0.5) is 10.1 Å². The van der Waals surface area contributed by atoms with Crippen molar-refractivity contribution in [2.24, 2.45) is 0 Å². The molecule has 0 atom stereocenters. The second-order valence-corrected chi connectivity index (χ2v) is 7.42. The number of aromatic nitrogens is 1. The number of carbonyl (C=O) groups is 2. The molecule has 0 radical (unpaired) electrons. The largest absolute Gasteiger partial charge is 0.363 e. The van der Waals surface area contributed by atoms with Crippen LogP contribution in [0.25, 0.3) is 0 Å². The van der Waals surface area contributed by atoms with Crippen molar-refractivity contribution in [1.82, 2.24) is 10.1 Å². The van der Waals surface area contributed by atoms with Crippen LogP contribution in [0.3, 0.4) is 0 Å². The van der Waals surface area contributed by atoms with Crippen LogP contribution in [-0.4, -0.2) is 53.7 Å². The fourth-order valence-corrected chi connectivity index (χ4v) is 3.96. The van der Waals surface area contributed by atoms with Crippen molar-refractivity contribution in [3.63, 3.8) is 0 Å². The molecule has 2 fully saturated rings. The van der Waals surface area contributed by atoms with Gasteiger partial charge in [0.15, 0.2) is 0 Å². The Balaban J connectivity index is 1.47. The molecule has 1 spiro atoms. The minimum Gasteiger partial charge on any atom is -0.363 e. The van der Waals surface area contributed by atoms with Gasteiger partial charge in [-0.1, -0.05) is 11.2 Å². The maximum absolute atomic E-state index is 13.6. The number of hydrogen-bond donors (Lipinski definition) is 0. The summed E-state index contributed by atoms with van der Waals surface area (Å²) in [4.78, 5) is 28.5. The van der Waals surface area contributed by atoms with E-state index in [9.17, 15) is 14.0 Å². The highest BCUT2D eigenvalue weighted by atomic mass is 19.1. The summed E-state index contributed by atoms with van der Waals surface area (Å²) in [7, 11) is 0. The molecular weight excluding hydrogens is 365 g/mol. The number of likely N-dealkylation sites (tertiary alicyclic amines) is 1. The van der Waals surface area contributed by atoms with Crippen molar-refractivity contribution in [2.75, 3.05) is 31.1 Å². The van der Waals surface area contributed by atoms with Gasteiger partial charge in [0.2, 0.25) is 0 Å². The van der Waals surface area contributed by atoms with Crippen LogP contribution in [-0.2, 0) is 9.53 Å². The molecule has 2 aliphatic heterocycles. The fraction of sp³-hybridized carbons (Fsp3) is 0.450. The Labute approximate surface area is 162 Å². The van der Waals surface area contributed by atoms with E-state index in [1.807, 2.05) is 0 Å². The molecule has 7 nitrogen and oxygen atoms in total. The zero-order chi connectivity index (χ0) is 19.9. The Hall–Kier alpha value is -2.74. The molecule has 2 saturated heterocycles. The van der Waals surface area contributed by atoms with Gasteiger partial charge in [0.05, 0.1) is 17.8 Å². The number of aryl methyl sites for hydroxylation is 2. The third-order valence-corrected chi connectivity index (χ3v) is 5.58. The lowest BCUT2D eigenvalue weighted by Crippen LogP contribution is -2.59. The van der Waals surface area contributed by atoms with Gasteiger partial charge >= 0.3 is 0 Å². The predicted molar refractivity (Wildman–Crippen MR) is 98.6 cm³/mol. The summed E-state index contributed by atoms with van der Waals surface area (Å²) in [6, 6.07) is 6.01. The van der Waals surface area contributed by atoms with Crippen molar-refractivity contribution in [3.8, 4) is 0 Å². The lowest BCUT2D eigenvalue weighted by molar-refractivity contribution is -0.143. The SMILES string of the molecule is Cc1noc(C)c1C(=O)N1CCC2(CC1)CN(c1cccc(F)c1)C(=O)CO2. The average molecular weight is 387 g/mol. The zero-order valence-electron chi connectivity index (χ0n) is 15.9. The van der Waals surface area contributed by atoms with Crippen molar-refractivity contribution in [3.05, 3.63) is 47.1 Å². The first-order valence-corrected chi connectivity index (χ1v) is 9.31. The number of rotatable bonds is 2. The number of amides is 2. The van der Waals surface area contributed by atoms with Crippen LogP contribution in [0, 0.1) is 19.7 Å². The number of piperidine rings is 1. The maximum Gasteiger partial charge on any atom is 0.259 e. The summed E-state index contributed by atoms with van der Waals surface area (Å²) < 4.78 is 24.6. The van der Waals surface area contributed by atoms with Gasteiger partial charge in [0.1, 0.15) is 23.7 Å². The Bertz CT molecular complexity index is 898. The van der Waals surface area contributed by atoms with Crippen LogP contribution in [0.5, 0.6) is 0 Å². The van der Waals surface area contributed by atoms with Gasteiger partial charge in [-0.05, 0) is 44.9 Å². The van der Waals surface area contributed by atoms with E-state index in [1.54, 1.807) is 35.8 Å². The number of anilines is 1. The fourth-order valence-electron chi connectivity index (χ4n) is 3.96. The molecule has 8 heteroatoms. The first-order valence-electron chi connectivity index (χ1n) is 9.31. The molecule has 148 valence electrons. The van der Waals surface area contributed by atoms with Crippen LogP contribution < -0.4 is 4.90 Å². The van der Waals surface area contributed by atoms with Gasteiger partial charge in [-0.25, -0.2) is 4.39 Å². The number of benzene rings is 1. The molecule has 1 aromatic heterocycles. The maximum atomic E-state index is 13.6. The second-order valence-electron chi connectivity index (χ2n) is 7.42. The number of carbonyl (C=O) groups excluding carboxylic acids is 2. The molecule has 3 heterocycles. The van der Waals surface area contributed by atoms with E-state index in [0.717, 1.165) is 0 Å². The third-order valence-electron chi connectivity index (χ3n) is 5.58. The monoisotopic (exact) mass is 387 g/mol. The highest BCUT2D eigenvalue weighted by Gasteiger charge is 2.44. The lowest BCUT2D eigenvalue weighted by atomic mass is 9.88. The van der Waals surface area contributed by atoms with E-state index in [0.29, 0.717) is 55.2 Å². The summed E-state index contributed by atoms with van der Waals surface area (Å²) in [6.07, 6.45) is 1.20. The third kappa shape index (κ3) is 3.28. The lowest BCUT2D eigenvalue weighted by Gasteiger charge is -2.47. The molecule has 0 bridgehead atoms. The quantitative estimate of drug-likeness (QED) is 0.791. The van der Waals surface area contributed by atoms with E-state index in [1.165, 1.54) is 12.1 Å². The Morgan fingerprint density at radius 2 is 2.00 bits per heavy atom. The predicted octanol–water partition coefficient (Wildman–Crippen LogP) is 2.47. The van der Waals surface area contributed by atoms with Crippen molar-refractivity contribution in [2.45, 2.75) is 32.3 Å². The molecule has 28 heavy (non-hydrogen) atoms. The molecule has 4 rings (SSSR count). The number of ether oxygens (including phenoxy) is 1. The van der Waals surface area contributed by atoms with E-state index in [4.69, 9.17) is 9.26 Å². The van der Waals surface area contributed by atoms with Gasteiger partial charge < -0.3 is 19.1 Å². The molecule has 0 N–H and O–H groups in total. The minimum atomic E-state index is -0.532. The van der Waals surface area contributed by atoms with E-state index < -0.39 is 5.60 Å². The van der Waals surface area contributed by atoms with Gasteiger partial charge in [-0.2, -0.15) is 0 Å². The van der Waals surface area contributed by atoms with Crippen molar-refractivity contribution in [1.29, 1.82) is 0 Å². The van der Waals surface area contributed by atoms with E-state index in [-0.39, 0.29) is 24.2 Å². The molecule has 1 aromatic carbocycles. The summed E-state index contributed by atoms with van der Waals surface area (Å²) >= 11 is 0. The van der Waals surface area contributed by atoms with Crippen LogP contribution in [0.2, 0.25) is 0 Å². The second kappa shape index (κ2) is 7.01. The number of nitrogens with zero attached hydrogens (tertiary/aromatic N) is 3. The topological polar surface area (TPSA) is 75.9 Å². The normalized spacial score (nSPS) is 19.3. The highest BCUT2D eigenvalue weighted by molar-refractivity contribution is 5.96. The van der Waals surface area contributed by atoms with Crippen LogP contribution in [0.1, 0.15) is 34.7 Å². The number of halogens is 1. The van der Waals surface area contributed by atoms with E-state index >= 15 is 0 Å². The summed E-state index contributed by atoms with van der Waals surface area (Å²) in [5.41, 5.74) is 1.09. The first-order chi connectivity index (χ1) is 13.4. The van der Waals surface area contributed by atoms with Gasteiger partial charge in [0, 0.05) is 18.8 Å². The van der Waals surface area contributed by atoms with Crippen molar-refractivity contribution < 1.29 is 23.2 Å². The average Bonchev–Trinajstić information content (AvgIpc) is 3.02. The van der Waals surface area contributed by atoms with E-state index in [2.05, 4.69) is 5.16 Å². The molecule has 0 saturated carbocycles. The summed E-state index contributed by atoms with van der Waals surface area (Å²) in [6.45, 7) is 4.80. The molecule has 0 aliphatic carbocycles. The van der Waals surface area contributed by atoms with Crippen molar-refractivity contribution >= 4 is 17.5 Å².